The molecule has 3 amide bonds. The minimum Gasteiger partial charge on any atom is -0.340 e. The molecule has 2 fully saturated rings. The van der Waals surface area contributed by atoms with Gasteiger partial charge in [0.15, 0.2) is 0 Å². The third-order valence-corrected chi connectivity index (χ3v) is 6.01. The molecule has 1 aromatic carbocycles. The van der Waals surface area contributed by atoms with Crippen LogP contribution in [-0.4, -0.2) is 41.1 Å². The van der Waals surface area contributed by atoms with E-state index in [0.717, 1.165) is 22.3 Å². The van der Waals surface area contributed by atoms with E-state index in [1.165, 1.54) is 25.2 Å². The fraction of sp³-hybridized carbons (Fsp3) is 0.450. The van der Waals surface area contributed by atoms with Crippen molar-refractivity contribution in [1.82, 2.24) is 9.80 Å². The van der Waals surface area contributed by atoms with Crippen LogP contribution in [0.5, 0.6) is 0 Å². The predicted molar refractivity (Wildman–Crippen MR) is 92.4 cm³/mol. The smallest absolute Gasteiger partial charge is 0.340 e. The van der Waals surface area contributed by atoms with Crippen molar-refractivity contribution in [3.8, 4) is 0 Å². The Bertz CT molecular complexity index is 850. The molecule has 3 aliphatic rings. The molecule has 8 heteroatoms. The van der Waals surface area contributed by atoms with Crippen LogP contribution in [0.1, 0.15) is 17.5 Å². The monoisotopic (exact) mass is 392 g/mol. The van der Waals surface area contributed by atoms with Gasteiger partial charge in [-0.1, -0.05) is 30.4 Å². The zero-order valence-corrected chi connectivity index (χ0v) is 15.1. The van der Waals surface area contributed by atoms with E-state index >= 15 is 0 Å². The molecule has 148 valence electrons. The summed E-state index contributed by atoms with van der Waals surface area (Å²) in [5.74, 6) is -1.96. The fourth-order valence-electron chi connectivity index (χ4n) is 4.65. The van der Waals surface area contributed by atoms with Gasteiger partial charge in [-0.3, -0.25) is 19.3 Å². The third kappa shape index (κ3) is 2.91. The van der Waals surface area contributed by atoms with E-state index in [9.17, 15) is 27.6 Å². The lowest BCUT2D eigenvalue weighted by Gasteiger charge is -2.23. The van der Waals surface area contributed by atoms with Crippen LogP contribution < -0.4 is 0 Å². The molecule has 4 atom stereocenters. The summed E-state index contributed by atoms with van der Waals surface area (Å²) in [7, 11) is 1.37. The van der Waals surface area contributed by atoms with Gasteiger partial charge in [-0.25, -0.2) is 0 Å². The Morgan fingerprint density at radius 1 is 1.11 bits per heavy atom. The molecule has 2 aliphatic carbocycles. The Balaban J connectivity index is 1.45. The van der Waals surface area contributed by atoms with Gasteiger partial charge >= 0.3 is 6.18 Å². The first-order valence-electron chi connectivity index (χ1n) is 9.11. The van der Waals surface area contributed by atoms with Crippen LogP contribution >= 0.6 is 0 Å². The summed E-state index contributed by atoms with van der Waals surface area (Å²) in [4.78, 5) is 39.9. The molecule has 1 aliphatic heterocycles. The topological polar surface area (TPSA) is 57.7 Å². The summed E-state index contributed by atoms with van der Waals surface area (Å²) in [5.41, 5.74) is -0.843. The number of carbonyl (C=O) groups is 3. The van der Waals surface area contributed by atoms with Gasteiger partial charge in [-0.15, -0.1) is 0 Å². The lowest BCUT2D eigenvalue weighted by Crippen LogP contribution is -2.42. The van der Waals surface area contributed by atoms with Crippen LogP contribution in [0.4, 0.5) is 13.2 Å². The predicted octanol–water partition coefficient (Wildman–Crippen LogP) is 2.47. The molecule has 0 spiro atoms. The molecule has 5 nitrogen and oxygen atoms in total. The Kier molecular flexibility index (Phi) is 4.32. The summed E-state index contributed by atoms with van der Waals surface area (Å²) < 4.78 is 39.4. The summed E-state index contributed by atoms with van der Waals surface area (Å²) in [6.07, 6.45) is 0.193. The largest absolute Gasteiger partial charge is 0.416 e. The van der Waals surface area contributed by atoms with Crippen molar-refractivity contribution in [3.05, 3.63) is 47.5 Å². The Labute approximate surface area is 159 Å². The van der Waals surface area contributed by atoms with Crippen molar-refractivity contribution < 1.29 is 27.6 Å². The SMILES string of the molecule is CN(Cc1ccccc1C(F)(F)F)C(=O)CN1C(=O)[C@H]2[C@H](C1=O)[C@H]1C=C[C@H]2C1. The van der Waals surface area contributed by atoms with Crippen LogP contribution in [0.25, 0.3) is 0 Å². The van der Waals surface area contributed by atoms with Crippen LogP contribution in [0, 0.1) is 23.7 Å². The number of alkyl halides is 3. The summed E-state index contributed by atoms with van der Waals surface area (Å²) in [6, 6.07) is 5.04. The van der Waals surface area contributed by atoms with Gasteiger partial charge in [0.05, 0.1) is 17.4 Å². The van der Waals surface area contributed by atoms with E-state index < -0.39 is 36.0 Å². The van der Waals surface area contributed by atoms with Crippen LogP contribution in [0.2, 0.25) is 0 Å². The van der Waals surface area contributed by atoms with Crippen LogP contribution in [-0.2, 0) is 27.1 Å². The number of likely N-dealkylation sites (tertiary alicyclic amines) is 1. The highest BCUT2D eigenvalue weighted by Crippen LogP contribution is 2.52. The summed E-state index contributed by atoms with van der Waals surface area (Å²) >= 11 is 0. The number of carbonyl (C=O) groups excluding carboxylic acids is 3. The first-order chi connectivity index (χ1) is 13.2. The molecule has 1 heterocycles. The molecule has 0 aromatic heterocycles. The van der Waals surface area contributed by atoms with Crippen molar-refractivity contribution in [2.45, 2.75) is 19.1 Å². The Hall–Kier alpha value is -2.64. The number of allylic oxidation sites excluding steroid dienone is 2. The lowest BCUT2D eigenvalue weighted by molar-refractivity contribution is -0.147. The number of likely N-dealkylation sites (N-methyl/N-ethyl adjacent to an activating group) is 1. The molecule has 0 unspecified atom stereocenters. The summed E-state index contributed by atoms with van der Waals surface area (Å²) in [5, 5.41) is 0. The van der Waals surface area contributed by atoms with Gasteiger partial charge < -0.3 is 4.90 Å². The normalized spacial score (nSPS) is 28.2. The molecular formula is C20H19F3N2O3. The molecule has 2 bridgehead atoms. The van der Waals surface area contributed by atoms with Crippen molar-refractivity contribution in [2.75, 3.05) is 13.6 Å². The average molecular weight is 392 g/mol. The zero-order valence-electron chi connectivity index (χ0n) is 15.1. The van der Waals surface area contributed by atoms with Gasteiger partial charge in [-0.05, 0) is 29.9 Å². The molecule has 1 saturated carbocycles. The number of hydrogen-bond donors (Lipinski definition) is 0. The number of nitrogens with zero attached hydrogens (tertiary/aromatic N) is 2. The van der Waals surface area contributed by atoms with Gasteiger partial charge in [0.1, 0.15) is 6.54 Å². The summed E-state index contributed by atoms with van der Waals surface area (Å²) in [6.45, 7) is -0.695. The van der Waals surface area contributed by atoms with Crippen molar-refractivity contribution in [1.29, 1.82) is 0 Å². The number of amides is 3. The molecule has 4 rings (SSSR count). The number of rotatable bonds is 4. The molecule has 0 N–H and O–H groups in total. The Morgan fingerprint density at radius 3 is 2.25 bits per heavy atom. The zero-order chi connectivity index (χ0) is 20.2. The third-order valence-electron chi connectivity index (χ3n) is 6.01. The molecule has 0 radical (unpaired) electrons. The number of fused-ring (bicyclic) bond motifs is 5. The molecular weight excluding hydrogens is 373 g/mol. The number of benzene rings is 1. The minimum atomic E-state index is -4.52. The average Bonchev–Trinajstić information content (AvgIpc) is 3.31. The maximum atomic E-state index is 13.1. The van der Waals surface area contributed by atoms with E-state index in [1.54, 1.807) is 0 Å². The standard InChI is InChI=1S/C20H19F3N2O3/c1-24(9-13-4-2-3-5-14(13)20(21,22)23)15(26)10-25-18(27)16-11-6-7-12(8-11)17(16)19(25)28/h2-7,11-12,16-17H,8-10H2,1H3/t11-,12-,16+,17+/m0/s1. The molecule has 1 aromatic rings. The number of imide groups is 1. The number of hydrogen-bond acceptors (Lipinski definition) is 3. The maximum absolute atomic E-state index is 13.1. The van der Waals surface area contributed by atoms with Gasteiger partial charge in [-0.2, -0.15) is 13.2 Å². The fourth-order valence-corrected chi connectivity index (χ4v) is 4.65. The second kappa shape index (κ2) is 6.46. The van der Waals surface area contributed by atoms with E-state index in [0.29, 0.717) is 0 Å². The first kappa shape index (κ1) is 18.7. The highest BCUT2D eigenvalue weighted by atomic mass is 19.4. The van der Waals surface area contributed by atoms with E-state index in [2.05, 4.69) is 0 Å². The molecule has 28 heavy (non-hydrogen) atoms. The van der Waals surface area contributed by atoms with Crippen molar-refractivity contribution >= 4 is 17.7 Å². The lowest BCUT2D eigenvalue weighted by atomic mass is 9.85. The van der Waals surface area contributed by atoms with Gasteiger partial charge in [0.2, 0.25) is 17.7 Å². The second-order valence-electron chi connectivity index (χ2n) is 7.67. The van der Waals surface area contributed by atoms with Gasteiger partial charge in [0, 0.05) is 13.6 Å². The minimum absolute atomic E-state index is 0.0379. The van der Waals surface area contributed by atoms with Crippen molar-refractivity contribution in [3.63, 3.8) is 0 Å². The second-order valence-corrected chi connectivity index (χ2v) is 7.67. The highest BCUT2D eigenvalue weighted by Gasteiger charge is 2.59. The van der Waals surface area contributed by atoms with E-state index in [4.69, 9.17) is 0 Å². The van der Waals surface area contributed by atoms with Crippen LogP contribution in [0.3, 0.4) is 0 Å². The van der Waals surface area contributed by atoms with Gasteiger partial charge in [0.25, 0.3) is 0 Å². The maximum Gasteiger partial charge on any atom is 0.416 e. The first-order valence-corrected chi connectivity index (χ1v) is 9.11. The van der Waals surface area contributed by atoms with E-state index in [-0.39, 0.29) is 35.8 Å². The highest BCUT2D eigenvalue weighted by molar-refractivity contribution is 6.08. The quantitative estimate of drug-likeness (QED) is 0.584. The molecule has 1 saturated heterocycles. The number of halogens is 3. The Morgan fingerprint density at radius 2 is 1.68 bits per heavy atom. The van der Waals surface area contributed by atoms with E-state index in [1.807, 2.05) is 12.2 Å². The van der Waals surface area contributed by atoms with Crippen molar-refractivity contribution in [2.24, 2.45) is 23.7 Å². The van der Waals surface area contributed by atoms with Crippen LogP contribution in [0.15, 0.2) is 36.4 Å².